The van der Waals surface area contributed by atoms with Gasteiger partial charge in [-0.2, -0.15) is 4.33 Å². The Bertz CT molecular complexity index is 484. The van der Waals surface area contributed by atoms with Gasteiger partial charge >= 0.3 is 0 Å². The van der Waals surface area contributed by atoms with Crippen LogP contribution in [0.15, 0.2) is 54.6 Å². The number of hydrogen-bond acceptors (Lipinski definition) is 4. The van der Waals surface area contributed by atoms with Crippen molar-refractivity contribution in [3.63, 3.8) is 0 Å². The molecule has 0 saturated heterocycles. The van der Waals surface area contributed by atoms with Crippen LogP contribution in [0.3, 0.4) is 0 Å². The van der Waals surface area contributed by atoms with E-state index in [0.29, 0.717) is 5.75 Å². The van der Waals surface area contributed by atoms with Gasteiger partial charge in [0.25, 0.3) is 0 Å². The van der Waals surface area contributed by atoms with Crippen LogP contribution in [-0.2, 0) is 42.8 Å². The molecule has 0 aliphatic rings. The summed E-state index contributed by atoms with van der Waals surface area (Å²) in [6.45, 7) is 0. The standard InChI is InChI=1S/C13H14NO2PS.Y/c15-16-18-10-11-6-8-13(9-7-11)14(17)12-4-2-1-3-5-12;/h1-9,15H,10,17H2;. The molecule has 0 amide bonds. The summed E-state index contributed by atoms with van der Waals surface area (Å²) in [6, 6.07) is 18.2. The second-order valence-corrected chi connectivity index (χ2v) is 4.90. The van der Waals surface area contributed by atoms with Crippen LogP contribution in [0.5, 0.6) is 0 Å². The van der Waals surface area contributed by atoms with E-state index in [-0.39, 0.29) is 32.7 Å². The summed E-state index contributed by atoms with van der Waals surface area (Å²) in [5.41, 5.74) is 3.30. The van der Waals surface area contributed by atoms with Gasteiger partial charge in [0.15, 0.2) is 0 Å². The molecule has 3 nitrogen and oxygen atoms in total. The maximum Gasteiger partial charge on any atom is 0.0480 e. The minimum Gasteiger partial charge on any atom is -0.326 e. The van der Waals surface area contributed by atoms with Gasteiger partial charge in [0.05, 0.1) is 0 Å². The molecule has 0 fully saturated rings. The Kier molecular flexibility index (Phi) is 8.16. The molecule has 1 atom stereocenters. The van der Waals surface area contributed by atoms with Crippen molar-refractivity contribution < 1.29 is 42.3 Å². The zero-order valence-corrected chi connectivity index (χ0v) is 15.1. The number of rotatable bonds is 5. The maximum absolute atomic E-state index is 8.27. The second-order valence-electron chi connectivity index (χ2n) is 3.71. The topological polar surface area (TPSA) is 32.7 Å². The first kappa shape index (κ1) is 17.1. The van der Waals surface area contributed by atoms with Crippen LogP contribution in [0.25, 0.3) is 0 Å². The molecule has 0 aromatic heterocycles. The van der Waals surface area contributed by atoms with Crippen molar-refractivity contribution in [3.05, 3.63) is 60.2 Å². The largest absolute Gasteiger partial charge is 0.326 e. The van der Waals surface area contributed by atoms with Crippen LogP contribution in [-0.4, -0.2) is 5.26 Å². The zero-order chi connectivity index (χ0) is 12.8. The van der Waals surface area contributed by atoms with Gasteiger partial charge in [-0.3, -0.25) is 0 Å². The van der Waals surface area contributed by atoms with E-state index in [1.165, 1.54) is 0 Å². The Hall–Kier alpha value is 0.0439. The number of benzene rings is 2. The summed E-state index contributed by atoms with van der Waals surface area (Å²) >= 11 is 1.01. The van der Waals surface area contributed by atoms with Crippen molar-refractivity contribution in [1.29, 1.82) is 0 Å². The van der Waals surface area contributed by atoms with Crippen molar-refractivity contribution in [2.75, 3.05) is 4.67 Å². The number of hydrogen-bond donors (Lipinski definition) is 1. The minimum atomic E-state index is 0. The summed E-state index contributed by atoms with van der Waals surface area (Å²) in [5, 5.41) is 8.27. The Morgan fingerprint density at radius 2 is 1.58 bits per heavy atom. The van der Waals surface area contributed by atoms with E-state index in [9.17, 15) is 0 Å². The average molecular weight is 368 g/mol. The number of nitrogens with zero attached hydrogens (tertiary/aromatic N) is 1. The fraction of sp³-hybridized carbons (Fsp3) is 0.0769. The van der Waals surface area contributed by atoms with Crippen LogP contribution >= 0.6 is 21.4 Å². The van der Waals surface area contributed by atoms with Crippen molar-refractivity contribution in [3.8, 4) is 0 Å². The maximum atomic E-state index is 8.27. The quantitative estimate of drug-likeness (QED) is 0.370. The van der Waals surface area contributed by atoms with E-state index in [1.54, 1.807) is 0 Å². The summed E-state index contributed by atoms with van der Waals surface area (Å²) in [7, 11) is 2.70. The molecule has 6 heteroatoms. The van der Waals surface area contributed by atoms with Gasteiger partial charge in [0.2, 0.25) is 0 Å². The Morgan fingerprint density at radius 3 is 2.16 bits per heavy atom. The predicted octanol–water partition coefficient (Wildman–Crippen LogP) is 4.25. The first-order valence-electron chi connectivity index (χ1n) is 5.43. The van der Waals surface area contributed by atoms with Gasteiger partial charge in [-0.1, -0.05) is 30.3 Å². The molecule has 1 N–H and O–H groups in total. The third-order valence-electron chi connectivity index (χ3n) is 2.53. The molecule has 0 saturated carbocycles. The van der Waals surface area contributed by atoms with Gasteiger partial charge in [-0.15, -0.1) is 0 Å². The molecule has 2 aromatic carbocycles. The van der Waals surface area contributed by atoms with Gasteiger partial charge < -0.3 is 4.67 Å². The molecular formula is C13H14NO2PSY. The second kappa shape index (κ2) is 9.07. The van der Waals surface area contributed by atoms with Crippen LogP contribution < -0.4 is 4.67 Å². The fourth-order valence-corrected chi connectivity index (χ4v) is 2.31. The van der Waals surface area contributed by atoms with Crippen molar-refractivity contribution in [2.45, 2.75) is 5.75 Å². The normalized spacial score (nSPS) is 9.79. The van der Waals surface area contributed by atoms with E-state index in [0.717, 1.165) is 29.0 Å². The van der Waals surface area contributed by atoms with E-state index in [2.05, 4.69) is 25.9 Å². The van der Waals surface area contributed by atoms with Crippen LogP contribution in [0.2, 0.25) is 0 Å². The smallest absolute Gasteiger partial charge is 0.0480 e. The molecule has 2 rings (SSSR count). The Balaban J connectivity index is 0.00000180. The van der Waals surface area contributed by atoms with Gasteiger partial charge in [-0.05, 0) is 39.2 Å². The Labute approximate surface area is 145 Å². The molecular weight excluding hydrogens is 354 g/mol. The van der Waals surface area contributed by atoms with E-state index < -0.39 is 0 Å². The third kappa shape index (κ3) is 5.15. The van der Waals surface area contributed by atoms with Crippen LogP contribution in [0, 0.1) is 0 Å². The fourth-order valence-electron chi connectivity index (χ4n) is 1.58. The Morgan fingerprint density at radius 1 is 1.00 bits per heavy atom. The molecule has 0 heterocycles. The predicted molar refractivity (Wildman–Crippen MR) is 79.7 cm³/mol. The molecule has 0 aliphatic heterocycles. The first-order valence-corrected chi connectivity index (χ1v) is 6.86. The molecule has 19 heavy (non-hydrogen) atoms. The summed E-state index contributed by atoms with van der Waals surface area (Å²) in [4.78, 5) is 0. The first-order chi connectivity index (χ1) is 8.81. The van der Waals surface area contributed by atoms with E-state index in [1.807, 2.05) is 47.1 Å². The van der Waals surface area contributed by atoms with Crippen molar-refractivity contribution >= 4 is 32.8 Å². The molecule has 2 aromatic rings. The van der Waals surface area contributed by atoms with Gasteiger partial charge in [0, 0.05) is 61.9 Å². The minimum absolute atomic E-state index is 0. The van der Waals surface area contributed by atoms with Gasteiger partial charge in [0.1, 0.15) is 0 Å². The summed E-state index contributed by atoms with van der Waals surface area (Å²) < 4.78 is 6.04. The molecule has 1 unspecified atom stereocenters. The van der Waals surface area contributed by atoms with Crippen LogP contribution in [0.4, 0.5) is 11.4 Å². The van der Waals surface area contributed by atoms with Gasteiger partial charge in [-0.25, -0.2) is 5.26 Å². The molecule has 0 bridgehead atoms. The summed E-state index contributed by atoms with van der Waals surface area (Å²) in [6.07, 6.45) is 0. The van der Waals surface area contributed by atoms with Crippen molar-refractivity contribution in [1.82, 2.24) is 0 Å². The van der Waals surface area contributed by atoms with Crippen LogP contribution in [0.1, 0.15) is 5.56 Å². The van der Waals surface area contributed by atoms with E-state index in [4.69, 9.17) is 5.26 Å². The molecule has 0 spiro atoms. The molecule has 0 aliphatic carbocycles. The van der Waals surface area contributed by atoms with E-state index >= 15 is 0 Å². The monoisotopic (exact) mass is 368 g/mol. The van der Waals surface area contributed by atoms with Crippen molar-refractivity contribution in [2.24, 2.45) is 0 Å². The average Bonchev–Trinajstić information content (AvgIpc) is 2.46. The number of anilines is 2. The molecule has 1 radical (unpaired) electrons. The molecule has 97 valence electrons. The number of para-hydroxylation sites is 1. The summed E-state index contributed by atoms with van der Waals surface area (Å²) in [5.74, 6) is 0.624. The SMILES string of the molecule is OOSCc1ccc(N(P)c2ccccc2)cc1.[Y]. The third-order valence-corrected chi connectivity index (χ3v) is 3.68. The zero-order valence-electron chi connectivity index (χ0n) is 10.3.